The third-order valence-corrected chi connectivity index (χ3v) is 2.57. The van der Waals surface area contributed by atoms with Gasteiger partial charge in [0, 0.05) is 6.04 Å². The minimum Gasteiger partial charge on any atom is -0.315 e. The monoisotopic (exact) mass is 155 g/mol. The molecular weight excluding hydrogens is 134 g/mol. The first-order valence-electron chi connectivity index (χ1n) is 5.02. The zero-order valence-electron chi connectivity index (χ0n) is 7.90. The number of hydrogen-bond donors (Lipinski definition) is 1. The molecule has 1 saturated carbocycles. The van der Waals surface area contributed by atoms with Gasteiger partial charge in [-0.2, -0.15) is 0 Å². The second-order valence-electron chi connectivity index (χ2n) is 4.05. The Hall–Kier alpha value is -0.0400. The summed E-state index contributed by atoms with van der Waals surface area (Å²) in [6.45, 7) is 5.64. The highest BCUT2D eigenvalue weighted by Crippen LogP contribution is 2.29. The van der Waals surface area contributed by atoms with E-state index in [-0.39, 0.29) is 0 Å². The van der Waals surface area contributed by atoms with Gasteiger partial charge in [0.05, 0.1) is 0 Å². The number of nitrogens with one attached hydrogen (secondary N) is 1. The SMILES string of the molecule is CC(C)NCCCC1CCC1. The number of hydrogen-bond acceptors (Lipinski definition) is 1. The molecule has 1 aliphatic carbocycles. The van der Waals surface area contributed by atoms with Crippen molar-refractivity contribution in [1.29, 1.82) is 0 Å². The molecule has 0 unspecified atom stereocenters. The Kier molecular flexibility index (Phi) is 3.92. The van der Waals surface area contributed by atoms with Crippen molar-refractivity contribution in [2.45, 2.75) is 52.0 Å². The van der Waals surface area contributed by atoms with Crippen LogP contribution in [0.2, 0.25) is 0 Å². The Balaban J connectivity index is 1.80. The van der Waals surface area contributed by atoms with E-state index >= 15 is 0 Å². The van der Waals surface area contributed by atoms with Crippen LogP contribution in [0.4, 0.5) is 0 Å². The summed E-state index contributed by atoms with van der Waals surface area (Å²) in [6.07, 6.45) is 7.33. The molecule has 1 fully saturated rings. The second kappa shape index (κ2) is 4.76. The van der Waals surface area contributed by atoms with Crippen LogP contribution in [0.15, 0.2) is 0 Å². The summed E-state index contributed by atoms with van der Waals surface area (Å²) in [5.41, 5.74) is 0. The van der Waals surface area contributed by atoms with E-state index in [1.54, 1.807) is 0 Å². The molecule has 1 nitrogen and oxygen atoms in total. The van der Waals surface area contributed by atoms with Gasteiger partial charge in [-0.25, -0.2) is 0 Å². The van der Waals surface area contributed by atoms with Gasteiger partial charge in [0.1, 0.15) is 0 Å². The lowest BCUT2D eigenvalue weighted by molar-refractivity contribution is 0.287. The zero-order chi connectivity index (χ0) is 8.10. The van der Waals surface area contributed by atoms with Gasteiger partial charge in [-0.3, -0.25) is 0 Å². The van der Waals surface area contributed by atoms with E-state index in [4.69, 9.17) is 0 Å². The van der Waals surface area contributed by atoms with Crippen LogP contribution in [-0.4, -0.2) is 12.6 Å². The van der Waals surface area contributed by atoms with E-state index in [2.05, 4.69) is 19.2 Å². The van der Waals surface area contributed by atoms with Gasteiger partial charge in [-0.05, 0) is 25.3 Å². The van der Waals surface area contributed by atoms with Gasteiger partial charge in [-0.1, -0.05) is 33.1 Å². The highest BCUT2D eigenvalue weighted by molar-refractivity contribution is 4.69. The molecule has 0 aromatic heterocycles. The molecule has 0 aromatic carbocycles. The van der Waals surface area contributed by atoms with E-state index in [9.17, 15) is 0 Å². The van der Waals surface area contributed by atoms with Gasteiger partial charge in [0.25, 0.3) is 0 Å². The Morgan fingerprint density at radius 1 is 1.36 bits per heavy atom. The molecule has 0 atom stereocenters. The van der Waals surface area contributed by atoms with Gasteiger partial charge in [0.2, 0.25) is 0 Å². The number of rotatable bonds is 5. The summed E-state index contributed by atoms with van der Waals surface area (Å²) in [5.74, 6) is 1.09. The van der Waals surface area contributed by atoms with Crippen molar-refractivity contribution in [3.05, 3.63) is 0 Å². The molecule has 0 bridgehead atoms. The van der Waals surface area contributed by atoms with Gasteiger partial charge in [0.15, 0.2) is 0 Å². The van der Waals surface area contributed by atoms with E-state index in [1.165, 1.54) is 38.6 Å². The fraction of sp³-hybridized carbons (Fsp3) is 1.00. The molecule has 1 heteroatoms. The van der Waals surface area contributed by atoms with Crippen LogP contribution in [0.25, 0.3) is 0 Å². The molecule has 11 heavy (non-hydrogen) atoms. The largest absolute Gasteiger partial charge is 0.315 e. The summed E-state index contributed by atoms with van der Waals surface area (Å²) < 4.78 is 0. The lowest BCUT2D eigenvalue weighted by Crippen LogP contribution is -2.24. The summed E-state index contributed by atoms with van der Waals surface area (Å²) in [7, 11) is 0. The Morgan fingerprint density at radius 3 is 2.55 bits per heavy atom. The average Bonchev–Trinajstić information content (AvgIpc) is 1.82. The Bertz CT molecular complexity index is 95.0. The summed E-state index contributed by atoms with van der Waals surface area (Å²) in [6, 6.07) is 0.663. The van der Waals surface area contributed by atoms with Crippen molar-refractivity contribution in [1.82, 2.24) is 5.32 Å². The van der Waals surface area contributed by atoms with Crippen LogP contribution in [0.1, 0.15) is 46.0 Å². The van der Waals surface area contributed by atoms with Crippen LogP contribution in [0.5, 0.6) is 0 Å². The van der Waals surface area contributed by atoms with Gasteiger partial charge < -0.3 is 5.32 Å². The smallest absolute Gasteiger partial charge is 0.00103 e. The first-order chi connectivity index (χ1) is 5.29. The van der Waals surface area contributed by atoms with Crippen molar-refractivity contribution in [2.24, 2.45) is 5.92 Å². The Morgan fingerprint density at radius 2 is 2.09 bits per heavy atom. The third-order valence-electron chi connectivity index (χ3n) is 2.57. The topological polar surface area (TPSA) is 12.0 Å². The van der Waals surface area contributed by atoms with E-state index in [0.717, 1.165) is 5.92 Å². The van der Waals surface area contributed by atoms with Gasteiger partial charge >= 0.3 is 0 Å². The predicted octanol–water partition coefficient (Wildman–Crippen LogP) is 2.56. The van der Waals surface area contributed by atoms with E-state index in [1.807, 2.05) is 0 Å². The molecule has 1 N–H and O–H groups in total. The highest BCUT2D eigenvalue weighted by atomic mass is 14.9. The van der Waals surface area contributed by atoms with Crippen LogP contribution in [-0.2, 0) is 0 Å². The zero-order valence-corrected chi connectivity index (χ0v) is 7.90. The average molecular weight is 155 g/mol. The highest BCUT2D eigenvalue weighted by Gasteiger charge is 2.15. The fourth-order valence-corrected chi connectivity index (χ4v) is 1.56. The molecule has 0 amide bonds. The summed E-state index contributed by atoms with van der Waals surface area (Å²) in [5, 5.41) is 3.45. The van der Waals surface area contributed by atoms with Crippen molar-refractivity contribution < 1.29 is 0 Å². The van der Waals surface area contributed by atoms with Crippen molar-refractivity contribution >= 4 is 0 Å². The van der Waals surface area contributed by atoms with Crippen LogP contribution in [0, 0.1) is 5.92 Å². The standard InChI is InChI=1S/C10H21N/c1-9(2)11-8-4-7-10-5-3-6-10/h9-11H,3-8H2,1-2H3. The molecule has 0 saturated heterocycles. The minimum absolute atomic E-state index is 0.663. The molecule has 0 spiro atoms. The summed E-state index contributed by atoms with van der Waals surface area (Å²) in [4.78, 5) is 0. The molecule has 1 aliphatic rings. The normalized spacial score (nSPS) is 18.8. The molecule has 66 valence electrons. The van der Waals surface area contributed by atoms with Crippen molar-refractivity contribution in [2.75, 3.05) is 6.54 Å². The maximum Gasteiger partial charge on any atom is 0.00103 e. The second-order valence-corrected chi connectivity index (χ2v) is 4.05. The van der Waals surface area contributed by atoms with Crippen LogP contribution in [0.3, 0.4) is 0 Å². The van der Waals surface area contributed by atoms with Gasteiger partial charge in [-0.15, -0.1) is 0 Å². The van der Waals surface area contributed by atoms with Crippen molar-refractivity contribution in [3.8, 4) is 0 Å². The lowest BCUT2D eigenvalue weighted by Gasteiger charge is -2.25. The first kappa shape index (κ1) is 9.05. The van der Waals surface area contributed by atoms with Crippen molar-refractivity contribution in [3.63, 3.8) is 0 Å². The molecular formula is C10H21N. The maximum absolute atomic E-state index is 3.45. The molecule has 0 heterocycles. The quantitative estimate of drug-likeness (QED) is 0.602. The van der Waals surface area contributed by atoms with Crippen LogP contribution < -0.4 is 5.32 Å². The molecule has 0 aliphatic heterocycles. The van der Waals surface area contributed by atoms with E-state index < -0.39 is 0 Å². The van der Waals surface area contributed by atoms with Crippen LogP contribution >= 0.6 is 0 Å². The molecule has 1 rings (SSSR count). The van der Waals surface area contributed by atoms with E-state index in [0.29, 0.717) is 6.04 Å². The fourth-order valence-electron chi connectivity index (χ4n) is 1.56. The molecule has 0 aromatic rings. The third kappa shape index (κ3) is 3.76. The first-order valence-corrected chi connectivity index (χ1v) is 5.02. The lowest BCUT2D eigenvalue weighted by atomic mass is 9.82. The minimum atomic E-state index is 0.663. The Labute approximate surface area is 70.6 Å². The predicted molar refractivity (Wildman–Crippen MR) is 49.7 cm³/mol. The molecule has 0 radical (unpaired) electrons. The summed E-state index contributed by atoms with van der Waals surface area (Å²) >= 11 is 0. The maximum atomic E-state index is 3.45.